The molecule has 1 saturated carbocycles. The average Bonchev–Trinajstić information content (AvgIpc) is 3.57. The first kappa shape index (κ1) is 22.8. The van der Waals surface area contributed by atoms with Gasteiger partial charge in [-0.3, -0.25) is 14.7 Å². The molecular weight excluding hydrogens is 473 g/mol. The molecule has 8 nitrogen and oxygen atoms in total. The van der Waals surface area contributed by atoms with Crippen molar-refractivity contribution < 1.29 is 18.7 Å². The highest BCUT2D eigenvalue weighted by Gasteiger charge is 2.56. The number of aromatic nitrogens is 3. The van der Waals surface area contributed by atoms with Crippen molar-refractivity contribution in [2.75, 3.05) is 10.6 Å². The molecule has 3 N–H and O–H groups in total. The van der Waals surface area contributed by atoms with E-state index < -0.39 is 23.0 Å². The summed E-state index contributed by atoms with van der Waals surface area (Å²) in [5.74, 6) is -0.209. The van der Waals surface area contributed by atoms with Gasteiger partial charge in [-0.1, -0.05) is 11.6 Å². The van der Waals surface area contributed by atoms with Crippen molar-refractivity contribution in [3.8, 4) is 11.5 Å². The number of nitrogens with zero attached hydrogens (tertiary/aromatic N) is 2. The Hall–Kier alpha value is -3.98. The summed E-state index contributed by atoms with van der Waals surface area (Å²) in [4.78, 5) is 30.1. The maximum atomic E-state index is 13.1. The van der Waals surface area contributed by atoms with Gasteiger partial charge < -0.3 is 15.4 Å². The zero-order chi connectivity index (χ0) is 24.7. The number of ether oxygens (including phenoxy) is 1. The number of hydrogen-bond donors (Lipinski definition) is 3. The highest BCUT2D eigenvalue weighted by atomic mass is 35.5. The van der Waals surface area contributed by atoms with Crippen LogP contribution in [0.2, 0.25) is 5.02 Å². The number of fused-ring (bicyclic) bond motifs is 1. The lowest BCUT2D eigenvalue weighted by Crippen LogP contribution is -2.35. The lowest BCUT2D eigenvalue weighted by atomic mass is 10.0. The second-order valence-corrected chi connectivity index (χ2v) is 8.96. The minimum Gasteiger partial charge on any atom is -0.456 e. The highest BCUT2D eigenvalue weighted by molar-refractivity contribution is 6.34. The summed E-state index contributed by atoms with van der Waals surface area (Å²) in [6.07, 6.45) is 2.42. The topological polar surface area (TPSA) is 109 Å². The first-order valence-electron chi connectivity index (χ1n) is 10.9. The van der Waals surface area contributed by atoms with Crippen molar-refractivity contribution >= 4 is 45.8 Å². The molecular formula is C25H21ClFN5O3. The molecule has 0 radical (unpaired) electrons. The summed E-state index contributed by atoms with van der Waals surface area (Å²) >= 11 is 6.47. The van der Waals surface area contributed by atoms with Crippen LogP contribution >= 0.6 is 11.6 Å². The number of amides is 2. The van der Waals surface area contributed by atoms with Crippen LogP contribution in [-0.4, -0.2) is 27.0 Å². The molecule has 2 amide bonds. The third-order valence-electron chi connectivity index (χ3n) is 6.05. The Kier molecular flexibility index (Phi) is 5.64. The monoisotopic (exact) mass is 493 g/mol. The van der Waals surface area contributed by atoms with E-state index >= 15 is 0 Å². The largest absolute Gasteiger partial charge is 0.456 e. The quantitative estimate of drug-likeness (QED) is 0.306. The van der Waals surface area contributed by atoms with Gasteiger partial charge in [-0.2, -0.15) is 5.10 Å². The van der Waals surface area contributed by atoms with Crippen LogP contribution in [0.1, 0.15) is 24.1 Å². The van der Waals surface area contributed by atoms with Crippen LogP contribution in [0.15, 0.2) is 48.7 Å². The number of rotatable bonds is 6. The summed E-state index contributed by atoms with van der Waals surface area (Å²) in [7, 11) is 0. The molecule has 1 aliphatic carbocycles. The fourth-order valence-electron chi connectivity index (χ4n) is 3.84. The molecule has 1 aliphatic rings. The predicted molar refractivity (Wildman–Crippen MR) is 130 cm³/mol. The van der Waals surface area contributed by atoms with E-state index in [0.29, 0.717) is 41.4 Å². The summed E-state index contributed by atoms with van der Waals surface area (Å²) < 4.78 is 19.2. The summed E-state index contributed by atoms with van der Waals surface area (Å²) in [5.41, 5.74) is 1.70. The van der Waals surface area contributed by atoms with E-state index in [0.717, 1.165) is 16.6 Å². The fraction of sp³-hybridized carbons (Fsp3) is 0.200. The number of carbonyl (C=O) groups is 2. The molecule has 0 bridgehead atoms. The molecule has 0 saturated heterocycles. The number of nitrogens with one attached hydrogen (secondary N) is 3. The second-order valence-electron chi connectivity index (χ2n) is 8.55. The maximum Gasteiger partial charge on any atom is 0.240 e. The molecule has 0 aliphatic heterocycles. The molecule has 0 atom stereocenters. The molecule has 0 unspecified atom stereocenters. The van der Waals surface area contributed by atoms with Gasteiger partial charge in [0.25, 0.3) is 0 Å². The zero-order valence-corrected chi connectivity index (χ0v) is 19.7. The molecule has 4 aromatic rings. The van der Waals surface area contributed by atoms with Crippen molar-refractivity contribution in [1.29, 1.82) is 0 Å². The van der Waals surface area contributed by atoms with Crippen molar-refractivity contribution in [3.63, 3.8) is 0 Å². The van der Waals surface area contributed by atoms with Gasteiger partial charge in [0.15, 0.2) is 5.65 Å². The first-order valence-corrected chi connectivity index (χ1v) is 11.3. The highest BCUT2D eigenvalue weighted by Crippen LogP contribution is 2.48. The van der Waals surface area contributed by atoms with E-state index in [2.05, 4.69) is 25.8 Å². The molecule has 10 heteroatoms. The molecule has 2 heterocycles. The van der Waals surface area contributed by atoms with Crippen LogP contribution in [0.4, 0.5) is 15.8 Å². The van der Waals surface area contributed by atoms with Crippen LogP contribution in [0.25, 0.3) is 11.0 Å². The average molecular weight is 494 g/mol. The van der Waals surface area contributed by atoms with Crippen LogP contribution in [0.5, 0.6) is 11.5 Å². The number of pyridine rings is 1. The number of anilines is 2. The normalized spacial score (nSPS) is 13.9. The number of H-pyrrole nitrogens is 1. The van der Waals surface area contributed by atoms with Gasteiger partial charge >= 0.3 is 0 Å². The standard InChI is InChI=1S/C25H21ClFN5O3/c1-13-11-18(17(26)12-20(13)35-19-7-10-28-22-21(19)14(2)31-32-22)30-24(34)25(8-9-25)23(33)29-16-5-3-15(27)4-6-16/h3-7,10-12H,8-9H2,1-2H3,(H,29,33)(H,30,34)(H,28,31,32). The lowest BCUT2D eigenvalue weighted by molar-refractivity contribution is -0.131. The van der Waals surface area contributed by atoms with Gasteiger partial charge in [-0.05, 0) is 68.7 Å². The molecule has 5 rings (SSSR count). The molecule has 2 aromatic carbocycles. The zero-order valence-electron chi connectivity index (χ0n) is 18.9. The SMILES string of the molecule is Cc1cc(NC(=O)C2(C(=O)Nc3ccc(F)cc3)CC2)c(Cl)cc1Oc1ccnc2n[nH]c(C)c12. The Balaban J connectivity index is 1.33. The molecule has 35 heavy (non-hydrogen) atoms. The van der Waals surface area contributed by atoms with Crippen molar-refractivity contribution in [2.45, 2.75) is 26.7 Å². The van der Waals surface area contributed by atoms with Crippen molar-refractivity contribution in [1.82, 2.24) is 15.2 Å². The van der Waals surface area contributed by atoms with Gasteiger partial charge in [0.2, 0.25) is 11.8 Å². The Bertz CT molecular complexity index is 1460. The van der Waals surface area contributed by atoms with E-state index in [1.807, 2.05) is 13.8 Å². The smallest absolute Gasteiger partial charge is 0.240 e. The van der Waals surface area contributed by atoms with E-state index in [9.17, 15) is 14.0 Å². The number of aryl methyl sites for hydroxylation is 2. The molecule has 178 valence electrons. The molecule has 0 spiro atoms. The molecule has 1 fully saturated rings. The predicted octanol–water partition coefficient (Wildman–Crippen LogP) is 5.52. The fourth-order valence-corrected chi connectivity index (χ4v) is 4.05. The maximum absolute atomic E-state index is 13.1. The van der Waals surface area contributed by atoms with Crippen LogP contribution in [0, 0.1) is 25.1 Å². The number of halogens is 2. The number of benzene rings is 2. The van der Waals surface area contributed by atoms with E-state index in [-0.39, 0.29) is 5.02 Å². The Morgan fingerprint density at radius 2 is 1.77 bits per heavy atom. The van der Waals surface area contributed by atoms with Gasteiger partial charge in [-0.15, -0.1) is 0 Å². The number of hydrogen-bond acceptors (Lipinski definition) is 5. The van der Waals surface area contributed by atoms with Crippen molar-refractivity contribution in [3.05, 3.63) is 70.8 Å². The van der Waals surface area contributed by atoms with E-state index in [4.69, 9.17) is 16.3 Å². The summed E-state index contributed by atoms with van der Waals surface area (Å²) in [6, 6.07) is 10.4. The Labute approximate surface area is 204 Å². The van der Waals surface area contributed by atoms with Crippen molar-refractivity contribution in [2.24, 2.45) is 5.41 Å². The van der Waals surface area contributed by atoms with Crippen LogP contribution < -0.4 is 15.4 Å². The minimum absolute atomic E-state index is 0.267. The van der Waals surface area contributed by atoms with Gasteiger partial charge in [-0.25, -0.2) is 9.37 Å². The third-order valence-corrected chi connectivity index (χ3v) is 6.36. The number of aromatic amines is 1. The molecule has 2 aromatic heterocycles. The van der Waals surface area contributed by atoms with E-state index in [1.165, 1.54) is 24.3 Å². The minimum atomic E-state index is -1.19. The van der Waals surface area contributed by atoms with Crippen LogP contribution in [-0.2, 0) is 9.59 Å². The number of carbonyl (C=O) groups excluding carboxylic acids is 2. The van der Waals surface area contributed by atoms with E-state index in [1.54, 1.807) is 24.4 Å². The first-order chi connectivity index (χ1) is 16.8. The summed E-state index contributed by atoms with van der Waals surface area (Å²) in [5, 5.41) is 13.5. The summed E-state index contributed by atoms with van der Waals surface area (Å²) in [6.45, 7) is 3.71. The Morgan fingerprint density at radius 1 is 1.06 bits per heavy atom. The third kappa shape index (κ3) is 4.30. The van der Waals surface area contributed by atoms with Gasteiger partial charge in [0.1, 0.15) is 22.7 Å². The van der Waals surface area contributed by atoms with Gasteiger partial charge in [0, 0.05) is 23.6 Å². The van der Waals surface area contributed by atoms with Gasteiger partial charge in [0.05, 0.1) is 16.1 Å². The lowest BCUT2D eigenvalue weighted by Gasteiger charge is -2.17. The Morgan fingerprint density at radius 3 is 2.49 bits per heavy atom. The second kappa shape index (κ2) is 8.66. The van der Waals surface area contributed by atoms with Crippen LogP contribution in [0.3, 0.4) is 0 Å².